The van der Waals surface area contributed by atoms with Crippen molar-refractivity contribution in [2.24, 2.45) is 0 Å². The number of thiophene rings is 1. The van der Waals surface area contributed by atoms with Crippen LogP contribution in [0.4, 0.5) is 5.00 Å². The Kier molecular flexibility index (Phi) is 5.21. The number of thioether (sulfide) groups is 1. The van der Waals surface area contributed by atoms with E-state index in [1.54, 1.807) is 0 Å². The lowest BCUT2D eigenvalue weighted by Gasteiger charge is -2.02. The van der Waals surface area contributed by atoms with Crippen molar-refractivity contribution in [3.05, 3.63) is 16.0 Å². The molecule has 0 aromatic carbocycles. The van der Waals surface area contributed by atoms with Crippen LogP contribution < -0.4 is 5.32 Å². The molecular weight excluding hydrogens is 292 g/mol. The average Bonchev–Trinajstić information content (AvgIpc) is 2.58. The summed E-state index contributed by atoms with van der Waals surface area (Å²) in [6, 6.07) is 2.22. The third-order valence-electron chi connectivity index (χ3n) is 3.19. The van der Waals surface area contributed by atoms with Crippen LogP contribution in [0.3, 0.4) is 0 Å². The molecule has 0 aliphatic heterocycles. The first kappa shape index (κ1) is 15.1. The van der Waals surface area contributed by atoms with Gasteiger partial charge in [0.25, 0.3) is 0 Å². The Balaban J connectivity index is 2.14. The van der Waals surface area contributed by atoms with Gasteiger partial charge in [-0.15, -0.1) is 11.3 Å². The van der Waals surface area contributed by atoms with Crippen molar-refractivity contribution in [3.63, 3.8) is 0 Å². The van der Waals surface area contributed by atoms with Gasteiger partial charge in [0.05, 0.1) is 11.3 Å². The molecule has 1 aliphatic rings. The zero-order chi connectivity index (χ0) is 14.5. The maximum absolute atomic E-state index is 11.8. The number of carbonyl (C=O) groups excluding carboxylic acids is 2. The summed E-state index contributed by atoms with van der Waals surface area (Å²) in [5, 5.41) is 12.7. The molecule has 0 spiro atoms. The number of rotatable bonds is 3. The van der Waals surface area contributed by atoms with E-state index in [-0.39, 0.29) is 16.8 Å². The highest BCUT2D eigenvalue weighted by molar-refractivity contribution is 8.14. The summed E-state index contributed by atoms with van der Waals surface area (Å²) in [7, 11) is 0. The number of hydrogen-bond acceptors (Lipinski definition) is 5. The van der Waals surface area contributed by atoms with Crippen molar-refractivity contribution >= 4 is 39.1 Å². The first-order chi connectivity index (χ1) is 9.61. The van der Waals surface area contributed by atoms with Crippen LogP contribution in [0.25, 0.3) is 0 Å². The molecule has 1 N–H and O–H groups in total. The van der Waals surface area contributed by atoms with E-state index in [4.69, 9.17) is 0 Å². The van der Waals surface area contributed by atoms with Crippen molar-refractivity contribution in [1.82, 2.24) is 0 Å². The molecule has 0 saturated carbocycles. The molecule has 1 amide bonds. The molecule has 6 heteroatoms. The second-order valence-corrected chi connectivity index (χ2v) is 6.97. The fourth-order valence-corrected chi connectivity index (χ4v) is 3.94. The van der Waals surface area contributed by atoms with E-state index in [0.717, 1.165) is 43.0 Å². The van der Waals surface area contributed by atoms with Crippen molar-refractivity contribution in [1.29, 1.82) is 5.26 Å². The minimum atomic E-state index is -0.224. The van der Waals surface area contributed by atoms with Gasteiger partial charge in [-0.05, 0) is 31.2 Å². The van der Waals surface area contributed by atoms with E-state index >= 15 is 0 Å². The van der Waals surface area contributed by atoms with Crippen LogP contribution in [0.1, 0.15) is 42.2 Å². The minimum Gasteiger partial charge on any atom is -0.316 e. The predicted molar refractivity (Wildman–Crippen MR) is 82.1 cm³/mol. The van der Waals surface area contributed by atoms with Crippen LogP contribution in [-0.2, 0) is 22.4 Å². The predicted octanol–water partition coefficient (Wildman–Crippen LogP) is 3.11. The molecule has 0 atom stereocenters. The van der Waals surface area contributed by atoms with Gasteiger partial charge in [0.15, 0.2) is 5.12 Å². The zero-order valence-electron chi connectivity index (χ0n) is 11.3. The molecule has 1 heterocycles. The summed E-state index contributed by atoms with van der Waals surface area (Å²) >= 11 is 2.49. The van der Waals surface area contributed by atoms with Crippen molar-refractivity contribution in [2.75, 3.05) is 11.1 Å². The second-order valence-electron chi connectivity index (χ2n) is 4.71. The largest absolute Gasteiger partial charge is 0.316 e. The Labute approximate surface area is 126 Å². The van der Waals surface area contributed by atoms with Gasteiger partial charge in [0, 0.05) is 11.8 Å². The Bertz CT molecular complexity index is 572. The van der Waals surface area contributed by atoms with Gasteiger partial charge < -0.3 is 5.32 Å². The monoisotopic (exact) mass is 308 g/mol. The molecule has 0 radical (unpaired) electrons. The van der Waals surface area contributed by atoms with Crippen LogP contribution in [0, 0.1) is 11.3 Å². The second kappa shape index (κ2) is 6.91. The topological polar surface area (TPSA) is 70.0 Å². The van der Waals surface area contributed by atoms with E-state index in [9.17, 15) is 14.9 Å². The number of nitrogens with one attached hydrogen (secondary N) is 1. The highest BCUT2D eigenvalue weighted by atomic mass is 32.2. The normalized spacial score (nSPS) is 14.0. The Morgan fingerprint density at radius 2 is 2.10 bits per heavy atom. The van der Waals surface area contributed by atoms with Crippen LogP contribution in [0.15, 0.2) is 0 Å². The van der Waals surface area contributed by atoms with Crippen LogP contribution in [0.5, 0.6) is 0 Å². The lowest BCUT2D eigenvalue weighted by molar-refractivity contribution is -0.114. The number of fused-ring (bicyclic) bond motifs is 1. The molecule has 1 aromatic rings. The lowest BCUT2D eigenvalue weighted by atomic mass is 10.1. The summed E-state index contributed by atoms with van der Waals surface area (Å²) < 4.78 is 0. The lowest BCUT2D eigenvalue weighted by Crippen LogP contribution is -2.14. The van der Waals surface area contributed by atoms with E-state index in [0.29, 0.717) is 10.6 Å². The molecule has 0 unspecified atom stereocenters. The number of amides is 1. The van der Waals surface area contributed by atoms with Crippen molar-refractivity contribution < 1.29 is 9.59 Å². The van der Waals surface area contributed by atoms with Crippen LogP contribution in [-0.4, -0.2) is 16.8 Å². The first-order valence-corrected chi connectivity index (χ1v) is 8.40. The quantitative estimate of drug-likeness (QED) is 0.871. The van der Waals surface area contributed by atoms with Crippen molar-refractivity contribution in [2.45, 2.75) is 39.0 Å². The summed E-state index contributed by atoms with van der Waals surface area (Å²) in [4.78, 5) is 23.9. The van der Waals surface area contributed by atoms with E-state index in [2.05, 4.69) is 11.4 Å². The number of carbonyl (C=O) groups is 2. The smallest absolute Gasteiger partial charge is 0.235 e. The molecule has 0 bridgehead atoms. The molecule has 106 valence electrons. The standard InChI is InChI=1S/C14H16N2O2S2/c1-9(17)19-8-13(18)16-14-11(7-15)10-5-3-2-4-6-12(10)20-14/h2-6,8H2,1H3,(H,16,18). The van der Waals surface area contributed by atoms with Gasteiger partial charge in [-0.3, -0.25) is 9.59 Å². The molecular formula is C14H16N2O2S2. The van der Waals surface area contributed by atoms with Gasteiger partial charge in [-0.2, -0.15) is 5.26 Å². The third-order valence-corrected chi connectivity index (χ3v) is 5.21. The highest BCUT2D eigenvalue weighted by Gasteiger charge is 2.20. The fraction of sp³-hybridized carbons (Fsp3) is 0.500. The molecule has 20 heavy (non-hydrogen) atoms. The zero-order valence-corrected chi connectivity index (χ0v) is 13.0. The summed E-state index contributed by atoms with van der Waals surface area (Å²) in [6.07, 6.45) is 5.36. The summed E-state index contributed by atoms with van der Waals surface area (Å²) in [5.41, 5.74) is 1.73. The molecule has 4 nitrogen and oxygen atoms in total. The van der Waals surface area contributed by atoms with Crippen molar-refractivity contribution in [3.8, 4) is 6.07 Å². The molecule has 1 aromatic heterocycles. The van der Waals surface area contributed by atoms with Crippen LogP contribution in [0.2, 0.25) is 0 Å². The Morgan fingerprint density at radius 3 is 2.80 bits per heavy atom. The number of anilines is 1. The van der Waals surface area contributed by atoms with E-state index < -0.39 is 0 Å². The van der Waals surface area contributed by atoms with Gasteiger partial charge in [-0.1, -0.05) is 18.2 Å². The highest BCUT2D eigenvalue weighted by Crippen LogP contribution is 2.36. The molecule has 1 aliphatic carbocycles. The molecule has 0 fully saturated rings. The number of aryl methyl sites for hydroxylation is 1. The third kappa shape index (κ3) is 3.62. The Hall–Kier alpha value is -1.32. The summed E-state index contributed by atoms with van der Waals surface area (Å²) in [5.74, 6) is -0.124. The van der Waals surface area contributed by atoms with Gasteiger partial charge in [0.2, 0.25) is 5.91 Å². The van der Waals surface area contributed by atoms with Gasteiger partial charge >= 0.3 is 0 Å². The van der Waals surface area contributed by atoms with E-state index in [1.165, 1.54) is 29.6 Å². The molecule has 2 rings (SSSR count). The summed E-state index contributed by atoms with van der Waals surface area (Å²) in [6.45, 7) is 1.44. The molecule has 0 saturated heterocycles. The van der Waals surface area contributed by atoms with Crippen LogP contribution >= 0.6 is 23.1 Å². The fourth-order valence-electron chi connectivity index (χ4n) is 2.28. The number of nitriles is 1. The first-order valence-electron chi connectivity index (χ1n) is 6.59. The van der Waals surface area contributed by atoms with Gasteiger partial charge in [0.1, 0.15) is 11.1 Å². The SMILES string of the molecule is CC(=O)SCC(=O)Nc1sc2c(c1C#N)CCCCC2. The maximum atomic E-state index is 11.8. The maximum Gasteiger partial charge on any atom is 0.235 e. The number of nitrogens with zero attached hydrogens (tertiary/aromatic N) is 1. The average molecular weight is 308 g/mol. The number of hydrogen-bond donors (Lipinski definition) is 1. The van der Waals surface area contributed by atoms with Gasteiger partial charge in [-0.25, -0.2) is 0 Å². The minimum absolute atomic E-state index is 0.0809. The Morgan fingerprint density at radius 1 is 1.35 bits per heavy atom. The van der Waals surface area contributed by atoms with E-state index in [1.807, 2.05) is 0 Å².